The van der Waals surface area contributed by atoms with Crippen LogP contribution in [0, 0.1) is 27.7 Å². The molecule has 0 saturated carbocycles. The number of hydrogen-bond acceptors (Lipinski definition) is 4. The van der Waals surface area contributed by atoms with Gasteiger partial charge in [0.15, 0.2) is 0 Å². The quantitative estimate of drug-likeness (QED) is 0.404. The van der Waals surface area contributed by atoms with Crippen molar-refractivity contribution in [3.8, 4) is 0 Å². The fourth-order valence-electron chi connectivity index (χ4n) is 1.47. The van der Waals surface area contributed by atoms with E-state index in [-0.39, 0.29) is 0 Å². The summed E-state index contributed by atoms with van der Waals surface area (Å²) in [6.45, 7) is 8.35. The van der Waals surface area contributed by atoms with Gasteiger partial charge in [0.1, 0.15) is 0 Å². The van der Waals surface area contributed by atoms with Crippen molar-refractivity contribution in [2.75, 3.05) is 0 Å². The van der Waals surface area contributed by atoms with E-state index in [0.717, 1.165) is 9.79 Å². The van der Waals surface area contributed by atoms with E-state index in [2.05, 4.69) is 65.1 Å². The lowest BCUT2D eigenvalue weighted by Crippen LogP contribution is -1.89. The molecule has 0 aliphatic carbocycles. The summed E-state index contributed by atoms with van der Waals surface area (Å²) in [6, 6.07) is 12.2. The summed E-state index contributed by atoms with van der Waals surface area (Å²) in [5.74, 6) is 0. The highest BCUT2D eigenvalue weighted by molar-refractivity contribution is 7.80. The molecule has 4 nitrogen and oxygen atoms in total. The third kappa shape index (κ3) is 10.4. The van der Waals surface area contributed by atoms with E-state index < -0.39 is 10.4 Å². The molecule has 0 spiro atoms. The normalized spacial score (nSPS) is 10.1. The topological polar surface area (TPSA) is 74.6 Å². The number of hydrogen-bond donors (Lipinski definition) is 4. The molecular weight excluding hydrogens is 352 g/mol. The average molecular weight is 375 g/mol. The third-order valence-electron chi connectivity index (χ3n) is 3.15. The van der Waals surface area contributed by atoms with Gasteiger partial charge in [0.2, 0.25) is 0 Å². The van der Waals surface area contributed by atoms with E-state index in [9.17, 15) is 0 Å². The smallest absolute Gasteiger partial charge is 0.264 e. The zero-order chi connectivity index (χ0) is 18.2. The fourth-order valence-corrected chi connectivity index (χ4v) is 2.00. The van der Waals surface area contributed by atoms with Crippen LogP contribution in [0.2, 0.25) is 0 Å². The Morgan fingerprint density at radius 1 is 0.739 bits per heavy atom. The van der Waals surface area contributed by atoms with Gasteiger partial charge in [-0.05, 0) is 62.1 Å². The molecular formula is C16H22O4S3. The summed E-state index contributed by atoms with van der Waals surface area (Å²) < 4.78 is 31.6. The summed E-state index contributed by atoms with van der Waals surface area (Å²) in [4.78, 5) is 2.16. The Morgan fingerprint density at radius 3 is 1.17 bits per heavy atom. The van der Waals surface area contributed by atoms with Crippen LogP contribution in [0.1, 0.15) is 22.3 Å². The minimum Gasteiger partial charge on any atom is -0.264 e. The minimum atomic E-state index is -4.67. The first-order chi connectivity index (χ1) is 10.4. The second-order valence-electron chi connectivity index (χ2n) is 4.89. The Balaban J connectivity index is 0.000000332. The second-order valence-corrected chi connectivity index (χ2v) is 6.75. The molecule has 0 aliphatic rings. The average Bonchev–Trinajstić information content (AvgIpc) is 2.41. The lowest BCUT2D eigenvalue weighted by atomic mass is 10.1. The van der Waals surface area contributed by atoms with Gasteiger partial charge in [-0.1, -0.05) is 24.3 Å². The molecule has 2 N–H and O–H groups in total. The van der Waals surface area contributed by atoms with Crippen molar-refractivity contribution in [2.24, 2.45) is 0 Å². The zero-order valence-corrected chi connectivity index (χ0v) is 16.1. The van der Waals surface area contributed by atoms with E-state index in [4.69, 9.17) is 17.5 Å². The van der Waals surface area contributed by atoms with Crippen molar-refractivity contribution in [3.63, 3.8) is 0 Å². The van der Waals surface area contributed by atoms with Gasteiger partial charge >= 0.3 is 10.4 Å². The molecule has 2 aromatic carbocycles. The first kappa shape index (κ1) is 22.0. The van der Waals surface area contributed by atoms with Crippen molar-refractivity contribution in [3.05, 3.63) is 58.7 Å². The van der Waals surface area contributed by atoms with E-state index in [1.807, 2.05) is 24.3 Å². The SMILES string of the molecule is Cc1cccc(S)c1C.Cc1cccc(S)c1C.O=S(=O)(O)O. The molecule has 0 aromatic heterocycles. The molecule has 0 saturated heterocycles. The first-order valence-electron chi connectivity index (χ1n) is 6.63. The third-order valence-corrected chi connectivity index (χ3v) is 4.12. The van der Waals surface area contributed by atoms with Gasteiger partial charge in [0.25, 0.3) is 0 Å². The number of benzene rings is 2. The van der Waals surface area contributed by atoms with E-state index in [1.165, 1.54) is 22.3 Å². The van der Waals surface area contributed by atoms with Gasteiger partial charge < -0.3 is 0 Å². The Morgan fingerprint density at radius 2 is 1.00 bits per heavy atom. The minimum absolute atomic E-state index is 1.08. The fraction of sp³-hybridized carbons (Fsp3) is 0.250. The van der Waals surface area contributed by atoms with Crippen molar-refractivity contribution >= 4 is 35.7 Å². The molecule has 0 atom stereocenters. The molecule has 128 valence electrons. The van der Waals surface area contributed by atoms with Crippen LogP contribution in [0.5, 0.6) is 0 Å². The Kier molecular flexibility index (Phi) is 9.57. The second kappa shape index (κ2) is 10.00. The zero-order valence-electron chi connectivity index (χ0n) is 13.5. The first-order valence-corrected chi connectivity index (χ1v) is 8.93. The van der Waals surface area contributed by atoms with Gasteiger partial charge in [0.05, 0.1) is 0 Å². The molecule has 23 heavy (non-hydrogen) atoms. The Hall–Kier alpha value is -0.990. The van der Waals surface area contributed by atoms with Crippen LogP contribution in [0.4, 0.5) is 0 Å². The Labute approximate surface area is 149 Å². The number of thiol groups is 2. The van der Waals surface area contributed by atoms with Crippen molar-refractivity contribution in [1.82, 2.24) is 0 Å². The van der Waals surface area contributed by atoms with Crippen LogP contribution in [0.15, 0.2) is 46.2 Å². The predicted octanol–water partition coefficient (Wildman–Crippen LogP) is 4.53. The summed E-state index contributed by atoms with van der Waals surface area (Å²) >= 11 is 8.54. The van der Waals surface area contributed by atoms with Crippen LogP contribution in [-0.2, 0) is 10.4 Å². The van der Waals surface area contributed by atoms with Gasteiger partial charge in [-0.25, -0.2) is 0 Å². The molecule has 0 amide bonds. The highest BCUT2D eigenvalue weighted by atomic mass is 32.3. The molecule has 2 aromatic rings. The van der Waals surface area contributed by atoms with Crippen molar-refractivity contribution in [1.29, 1.82) is 0 Å². The predicted molar refractivity (Wildman–Crippen MR) is 101 cm³/mol. The summed E-state index contributed by atoms with van der Waals surface area (Å²) in [5, 5.41) is 0. The lowest BCUT2D eigenvalue weighted by molar-refractivity contribution is 0.381. The van der Waals surface area contributed by atoms with Crippen LogP contribution >= 0.6 is 25.3 Å². The highest BCUT2D eigenvalue weighted by Crippen LogP contribution is 2.15. The van der Waals surface area contributed by atoms with Crippen LogP contribution < -0.4 is 0 Å². The molecule has 7 heteroatoms. The van der Waals surface area contributed by atoms with E-state index in [0.29, 0.717) is 0 Å². The highest BCUT2D eigenvalue weighted by Gasteiger charge is 1.93. The summed E-state index contributed by atoms with van der Waals surface area (Å²) in [7, 11) is -4.67. The monoisotopic (exact) mass is 374 g/mol. The number of rotatable bonds is 0. The van der Waals surface area contributed by atoms with Gasteiger partial charge in [-0.3, -0.25) is 9.11 Å². The van der Waals surface area contributed by atoms with Crippen LogP contribution in [-0.4, -0.2) is 17.5 Å². The maximum absolute atomic E-state index is 8.74. The van der Waals surface area contributed by atoms with E-state index >= 15 is 0 Å². The molecule has 2 rings (SSSR count). The molecule has 0 bridgehead atoms. The molecule has 0 fully saturated rings. The maximum atomic E-state index is 8.74. The standard InChI is InChI=1S/2C8H10S.H2O4S/c2*1-6-4-3-5-8(9)7(6)2;1-5(2,3)4/h2*3-5,9H,1-2H3;(H2,1,2,3,4). The molecule has 0 aliphatic heterocycles. The van der Waals surface area contributed by atoms with Crippen molar-refractivity contribution in [2.45, 2.75) is 37.5 Å². The summed E-state index contributed by atoms with van der Waals surface area (Å²) in [5.41, 5.74) is 5.17. The number of aryl methyl sites for hydroxylation is 2. The van der Waals surface area contributed by atoms with Gasteiger partial charge in [-0.2, -0.15) is 8.42 Å². The van der Waals surface area contributed by atoms with Gasteiger partial charge in [0, 0.05) is 9.79 Å². The van der Waals surface area contributed by atoms with Gasteiger partial charge in [-0.15, -0.1) is 25.3 Å². The Bertz CT molecular complexity index is 643. The van der Waals surface area contributed by atoms with E-state index in [1.54, 1.807) is 0 Å². The summed E-state index contributed by atoms with van der Waals surface area (Å²) in [6.07, 6.45) is 0. The van der Waals surface area contributed by atoms with Crippen LogP contribution in [0.3, 0.4) is 0 Å². The van der Waals surface area contributed by atoms with Crippen LogP contribution in [0.25, 0.3) is 0 Å². The molecule has 0 radical (unpaired) electrons. The van der Waals surface area contributed by atoms with Crippen molar-refractivity contribution < 1.29 is 17.5 Å². The largest absolute Gasteiger partial charge is 0.394 e. The maximum Gasteiger partial charge on any atom is 0.394 e. The molecule has 0 heterocycles. The molecule has 0 unspecified atom stereocenters. The lowest BCUT2D eigenvalue weighted by Gasteiger charge is -2.00.